The number of nitrogens with one attached hydrogen (secondary N) is 1. The molecule has 0 saturated heterocycles. The molecule has 0 radical (unpaired) electrons. The molecule has 186 valence electrons. The quantitative estimate of drug-likeness (QED) is 0.415. The van der Waals surface area contributed by atoms with Crippen LogP contribution in [0.1, 0.15) is 38.4 Å². The highest BCUT2D eigenvalue weighted by Crippen LogP contribution is 2.33. The van der Waals surface area contributed by atoms with Gasteiger partial charge in [-0.3, -0.25) is 14.8 Å². The second-order valence-electron chi connectivity index (χ2n) is 9.08. The molecule has 2 aromatic carbocycles. The van der Waals surface area contributed by atoms with Gasteiger partial charge in [-0.05, 0) is 48.2 Å². The molecule has 9 nitrogen and oxygen atoms in total. The number of ether oxygens (including phenoxy) is 2. The Balaban J connectivity index is 1.26. The molecule has 2 aromatic heterocycles. The summed E-state index contributed by atoms with van der Waals surface area (Å²) in [7, 11) is 0. The first kappa shape index (κ1) is 22.9. The number of carbonyl (C=O) groups excluding carboxylic acids is 1. The number of rotatable bonds is 7. The van der Waals surface area contributed by atoms with E-state index >= 15 is 0 Å². The smallest absolute Gasteiger partial charge is 0.258 e. The summed E-state index contributed by atoms with van der Waals surface area (Å²) in [5.41, 5.74) is 6.20. The highest BCUT2D eigenvalue weighted by Gasteiger charge is 2.25. The van der Waals surface area contributed by atoms with Crippen LogP contribution in [0.3, 0.4) is 0 Å². The summed E-state index contributed by atoms with van der Waals surface area (Å²) in [4.78, 5) is 33.0. The molecule has 1 N–H and O–H groups in total. The van der Waals surface area contributed by atoms with Gasteiger partial charge in [-0.1, -0.05) is 24.3 Å². The van der Waals surface area contributed by atoms with Crippen LogP contribution in [0.15, 0.2) is 61.1 Å². The molecular weight excluding hydrogens is 468 g/mol. The Labute approximate surface area is 214 Å². The zero-order chi connectivity index (χ0) is 25.2. The molecule has 9 heteroatoms. The average Bonchev–Trinajstić information content (AvgIpc) is 3.58. The summed E-state index contributed by atoms with van der Waals surface area (Å²) >= 11 is 0. The van der Waals surface area contributed by atoms with E-state index in [4.69, 9.17) is 14.5 Å². The standard InChI is InChI=1S/C28H26N6O3/c1-18-13-30-22(14-29-18)15-31-26(35)23-16-32-28(34-10-8-20-4-2-3-5-24(20)34)33-27(23)37-17-19-6-7-25-21(12-19)9-11-36-25/h2-7,12-14,16H,8-11,15,17H2,1H3,(H,31,35). The number of hydrogen-bond acceptors (Lipinski definition) is 8. The van der Waals surface area contributed by atoms with Crippen molar-refractivity contribution in [2.75, 3.05) is 18.1 Å². The molecule has 4 aromatic rings. The number of carbonyl (C=O) groups is 1. The van der Waals surface area contributed by atoms with Crippen molar-refractivity contribution >= 4 is 17.5 Å². The van der Waals surface area contributed by atoms with E-state index in [0.717, 1.165) is 47.6 Å². The fourth-order valence-corrected chi connectivity index (χ4v) is 4.56. The number of hydrogen-bond donors (Lipinski definition) is 1. The number of aromatic nitrogens is 4. The summed E-state index contributed by atoms with van der Waals surface area (Å²) in [6.45, 7) is 3.83. The first-order valence-electron chi connectivity index (χ1n) is 12.3. The van der Waals surface area contributed by atoms with Gasteiger partial charge in [0.25, 0.3) is 5.91 Å². The minimum absolute atomic E-state index is 0.234. The molecule has 0 fully saturated rings. The van der Waals surface area contributed by atoms with Crippen LogP contribution in [0.5, 0.6) is 11.6 Å². The molecule has 0 aliphatic carbocycles. The molecule has 0 bridgehead atoms. The lowest BCUT2D eigenvalue weighted by molar-refractivity contribution is 0.0944. The first-order valence-corrected chi connectivity index (χ1v) is 12.3. The number of anilines is 2. The van der Waals surface area contributed by atoms with E-state index in [2.05, 4.69) is 43.4 Å². The third-order valence-electron chi connectivity index (χ3n) is 6.51. The van der Waals surface area contributed by atoms with Gasteiger partial charge in [0, 0.05) is 31.0 Å². The zero-order valence-electron chi connectivity index (χ0n) is 20.5. The van der Waals surface area contributed by atoms with E-state index in [0.29, 0.717) is 18.2 Å². The highest BCUT2D eigenvalue weighted by atomic mass is 16.5. The Morgan fingerprint density at radius 2 is 1.97 bits per heavy atom. The summed E-state index contributed by atoms with van der Waals surface area (Å²) in [6.07, 6.45) is 6.64. The van der Waals surface area contributed by atoms with Crippen LogP contribution in [0, 0.1) is 6.92 Å². The summed E-state index contributed by atoms with van der Waals surface area (Å²) in [5, 5.41) is 2.88. The highest BCUT2D eigenvalue weighted by molar-refractivity contribution is 5.96. The van der Waals surface area contributed by atoms with Crippen LogP contribution in [-0.4, -0.2) is 39.0 Å². The van der Waals surface area contributed by atoms with E-state index in [1.165, 1.54) is 11.8 Å². The fourth-order valence-electron chi connectivity index (χ4n) is 4.56. The van der Waals surface area contributed by atoms with Crippen molar-refractivity contribution in [3.63, 3.8) is 0 Å². The number of fused-ring (bicyclic) bond motifs is 2. The van der Waals surface area contributed by atoms with Crippen molar-refractivity contribution in [3.05, 3.63) is 94.7 Å². The van der Waals surface area contributed by atoms with Gasteiger partial charge in [-0.2, -0.15) is 4.98 Å². The fraction of sp³-hybridized carbons (Fsp3) is 0.250. The predicted octanol–water partition coefficient (Wildman–Crippen LogP) is 3.71. The minimum atomic E-state index is -0.340. The van der Waals surface area contributed by atoms with E-state index in [-0.39, 0.29) is 30.5 Å². The molecule has 37 heavy (non-hydrogen) atoms. The Bertz CT molecular complexity index is 1460. The number of para-hydroxylation sites is 1. The summed E-state index contributed by atoms with van der Waals surface area (Å²) in [5.74, 6) is 1.31. The van der Waals surface area contributed by atoms with Crippen LogP contribution >= 0.6 is 0 Å². The Morgan fingerprint density at radius 3 is 2.86 bits per heavy atom. The number of nitrogens with zero attached hydrogens (tertiary/aromatic N) is 5. The molecule has 0 saturated carbocycles. The lowest BCUT2D eigenvalue weighted by Gasteiger charge is -2.19. The molecule has 0 spiro atoms. The molecule has 6 rings (SSSR count). The molecule has 4 heterocycles. The van der Waals surface area contributed by atoms with Gasteiger partial charge in [0.2, 0.25) is 11.8 Å². The number of aryl methyl sites for hydroxylation is 1. The van der Waals surface area contributed by atoms with Crippen molar-refractivity contribution in [1.82, 2.24) is 25.3 Å². The van der Waals surface area contributed by atoms with Crippen LogP contribution in [-0.2, 0) is 26.0 Å². The van der Waals surface area contributed by atoms with Gasteiger partial charge in [-0.25, -0.2) is 4.98 Å². The molecular formula is C28H26N6O3. The minimum Gasteiger partial charge on any atom is -0.493 e. The third-order valence-corrected chi connectivity index (χ3v) is 6.51. The van der Waals surface area contributed by atoms with Crippen molar-refractivity contribution in [2.45, 2.75) is 32.9 Å². The Kier molecular flexibility index (Phi) is 6.10. The van der Waals surface area contributed by atoms with Gasteiger partial charge < -0.3 is 19.7 Å². The summed E-state index contributed by atoms with van der Waals surface area (Å²) < 4.78 is 11.8. The molecule has 2 aliphatic rings. The van der Waals surface area contributed by atoms with E-state index < -0.39 is 0 Å². The molecule has 0 atom stereocenters. The molecule has 2 aliphatic heterocycles. The molecule has 0 unspecified atom stereocenters. The molecule has 1 amide bonds. The largest absolute Gasteiger partial charge is 0.493 e. The Hall–Kier alpha value is -4.53. The second-order valence-corrected chi connectivity index (χ2v) is 9.08. The average molecular weight is 495 g/mol. The van der Waals surface area contributed by atoms with Gasteiger partial charge in [-0.15, -0.1) is 0 Å². The monoisotopic (exact) mass is 494 g/mol. The van der Waals surface area contributed by atoms with Crippen LogP contribution in [0.2, 0.25) is 0 Å². The maximum Gasteiger partial charge on any atom is 0.258 e. The van der Waals surface area contributed by atoms with Crippen molar-refractivity contribution in [3.8, 4) is 11.6 Å². The van der Waals surface area contributed by atoms with Gasteiger partial charge >= 0.3 is 0 Å². The normalized spacial score (nSPS) is 13.6. The lowest BCUT2D eigenvalue weighted by Crippen LogP contribution is -2.25. The zero-order valence-corrected chi connectivity index (χ0v) is 20.5. The Morgan fingerprint density at radius 1 is 1.05 bits per heavy atom. The topological polar surface area (TPSA) is 102 Å². The third kappa shape index (κ3) is 4.80. The predicted molar refractivity (Wildman–Crippen MR) is 137 cm³/mol. The first-order chi connectivity index (χ1) is 18.1. The lowest BCUT2D eigenvalue weighted by atomic mass is 10.1. The maximum atomic E-state index is 13.2. The number of amides is 1. The summed E-state index contributed by atoms with van der Waals surface area (Å²) in [6, 6.07) is 14.2. The van der Waals surface area contributed by atoms with Crippen molar-refractivity contribution in [2.24, 2.45) is 0 Å². The SMILES string of the molecule is Cc1cnc(CNC(=O)c2cnc(N3CCc4ccccc43)nc2OCc2ccc3c(c2)CCO3)cn1. The van der Waals surface area contributed by atoms with Crippen LogP contribution in [0.25, 0.3) is 0 Å². The maximum absolute atomic E-state index is 13.2. The second kappa shape index (κ2) is 9.85. The van der Waals surface area contributed by atoms with Gasteiger partial charge in [0.15, 0.2) is 0 Å². The van der Waals surface area contributed by atoms with Gasteiger partial charge in [0.1, 0.15) is 17.9 Å². The van der Waals surface area contributed by atoms with Crippen molar-refractivity contribution < 1.29 is 14.3 Å². The van der Waals surface area contributed by atoms with E-state index in [9.17, 15) is 4.79 Å². The van der Waals surface area contributed by atoms with E-state index in [1.807, 2.05) is 31.2 Å². The number of benzene rings is 2. The van der Waals surface area contributed by atoms with Gasteiger partial charge in [0.05, 0.1) is 30.7 Å². The van der Waals surface area contributed by atoms with E-state index in [1.54, 1.807) is 12.4 Å². The van der Waals surface area contributed by atoms with Crippen LogP contribution in [0.4, 0.5) is 11.6 Å². The van der Waals surface area contributed by atoms with Crippen LogP contribution < -0.4 is 19.7 Å². The van der Waals surface area contributed by atoms with Crippen molar-refractivity contribution in [1.29, 1.82) is 0 Å².